The minimum atomic E-state index is -5.11. The number of pyridine rings is 1. The van der Waals surface area contributed by atoms with E-state index in [2.05, 4.69) is 9.72 Å². The van der Waals surface area contributed by atoms with E-state index in [1.165, 1.54) is 0 Å². The number of carbonyl (C=O) groups is 1. The molecule has 19 heavy (non-hydrogen) atoms. The summed E-state index contributed by atoms with van der Waals surface area (Å²) in [6, 6.07) is 0.534. The Bertz CT molecular complexity index is 487. The average molecular weight is 285 g/mol. The monoisotopic (exact) mass is 285 g/mol. The molecule has 0 aromatic carbocycles. The van der Waals surface area contributed by atoms with E-state index in [1.807, 2.05) is 0 Å². The summed E-state index contributed by atoms with van der Waals surface area (Å²) < 4.78 is 66.8. The summed E-state index contributed by atoms with van der Waals surface area (Å²) in [6.07, 6.45) is -9.15. The van der Waals surface area contributed by atoms with E-state index in [4.69, 9.17) is 5.11 Å². The molecule has 1 heterocycles. The summed E-state index contributed by atoms with van der Waals surface area (Å²) in [4.78, 5) is 13.9. The van der Waals surface area contributed by atoms with Crippen molar-refractivity contribution >= 4 is 5.97 Å². The first-order chi connectivity index (χ1) is 8.66. The second-order valence-corrected chi connectivity index (χ2v) is 3.45. The van der Waals surface area contributed by atoms with Crippen LogP contribution in [0.15, 0.2) is 6.07 Å². The molecule has 0 spiro atoms. The molecule has 4 nitrogen and oxygen atoms in total. The minimum absolute atomic E-state index is 0.534. The van der Waals surface area contributed by atoms with Crippen LogP contribution in [0.25, 0.3) is 0 Å². The molecule has 1 N–H and O–H groups in total. The molecular weight excluding hydrogens is 277 g/mol. The van der Waals surface area contributed by atoms with Gasteiger partial charge in [-0.1, -0.05) is 0 Å². The summed E-state index contributed by atoms with van der Waals surface area (Å²) in [5, 5.41) is 9.13. The standard InChI is InChI=1S/C10H8F5NO3/c1-19-6(17)3-4-2-5(9(11)12)7(18)8(16-4)10(13,14)15/h2,9,18H,3H2,1H3. The largest absolute Gasteiger partial charge is 0.505 e. The van der Waals surface area contributed by atoms with Gasteiger partial charge in [-0.05, 0) is 6.07 Å². The lowest BCUT2D eigenvalue weighted by Gasteiger charge is -2.13. The molecule has 0 radical (unpaired) electrons. The number of aromatic nitrogens is 1. The molecule has 106 valence electrons. The zero-order valence-corrected chi connectivity index (χ0v) is 9.46. The Balaban J connectivity index is 3.35. The van der Waals surface area contributed by atoms with Crippen LogP contribution in [-0.4, -0.2) is 23.2 Å². The number of nitrogens with zero attached hydrogens (tertiary/aromatic N) is 1. The van der Waals surface area contributed by atoms with Gasteiger partial charge in [0, 0.05) is 0 Å². The Labute approximate surface area is 103 Å². The third-order valence-corrected chi connectivity index (χ3v) is 2.13. The van der Waals surface area contributed by atoms with Crippen molar-refractivity contribution in [3.05, 3.63) is 23.0 Å². The molecule has 0 unspecified atom stereocenters. The summed E-state index contributed by atoms with van der Waals surface area (Å²) in [7, 11) is 0.988. The highest BCUT2D eigenvalue weighted by atomic mass is 19.4. The summed E-state index contributed by atoms with van der Waals surface area (Å²) in [6.45, 7) is 0. The second kappa shape index (κ2) is 5.37. The lowest BCUT2D eigenvalue weighted by atomic mass is 10.1. The van der Waals surface area contributed by atoms with Gasteiger partial charge in [0.25, 0.3) is 6.43 Å². The third-order valence-electron chi connectivity index (χ3n) is 2.13. The first-order valence-electron chi connectivity index (χ1n) is 4.81. The Morgan fingerprint density at radius 2 is 2.05 bits per heavy atom. The first kappa shape index (κ1) is 15.1. The Morgan fingerprint density at radius 3 is 2.47 bits per heavy atom. The second-order valence-electron chi connectivity index (χ2n) is 3.45. The molecule has 1 aromatic heterocycles. The van der Waals surface area contributed by atoms with Gasteiger partial charge in [-0.25, -0.2) is 13.8 Å². The van der Waals surface area contributed by atoms with Crippen molar-refractivity contribution in [1.29, 1.82) is 0 Å². The van der Waals surface area contributed by atoms with Crippen LogP contribution in [0.5, 0.6) is 5.75 Å². The number of alkyl halides is 5. The van der Waals surface area contributed by atoms with E-state index in [1.54, 1.807) is 0 Å². The molecule has 1 aromatic rings. The van der Waals surface area contributed by atoms with E-state index in [0.717, 1.165) is 7.11 Å². The molecule has 0 fully saturated rings. The van der Waals surface area contributed by atoms with Crippen molar-refractivity contribution in [2.45, 2.75) is 19.0 Å². The van der Waals surface area contributed by atoms with Gasteiger partial charge >= 0.3 is 12.1 Å². The van der Waals surface area contributed by atoms with Crippen molar-refractivity contribution in [3.63, 3.8) is 0 Å². The van der Waals surface area contributed by atoms with Crippen molar-refractivity contribution in [2.24, 2.45) is 0 Å². The SMILES string of the molecule is COC(=O)Cc1cc(C(F)F)c(O)c(C(F)(F)F)n1. The molecule has 0 saturated carbocycles. The molecular formula is C10H8F5NO3. The minimum Gasteiger partial charge on any atom is -0.505 e. The van der Waals surface area contributed by atoms with Crippen molar-refractivity contribution in [1.82, 2.24) is 4.98 Å². The smallest absolute Gasteiger partial charge is 0.437 e. The molecule has 0 bridgehead atoms. The number of hydrogen-bond acceptors (Lipinski definition) is 4. The van der Waals surface area contributed by atoms with E-state index < -0.39 is 47.7 Å². The predicted octanol–water partition coefficient (Wildman–Crippen LogP) is 2.46. The topological polar surface area (TPSA) is 59.4 Å². The van der Waals surface area contributed by atoms with Crippen LogP contribution in [0.2, 0.25) is 0 Å². The number of halogens is 5. The Morgan fingerprint density at radius 1 is 1.47 bits per heavy atom. The number of carbonyl (C=O) groups excluding carboxylic acids is 1. The van der Waals surface area contributed by atoms with Crippen LogP contribution in [0.1, 0.15) is 23.4 Å². The average Bonchev–Trinajstić information content (AvgIpc) is 2.29. The molecule has 0 atom stereocenters. The molecule has 0 amide bonds. The quantitative estimate of drug-likeness (QED) is 0.684. The van der Waals surface area contributed by atoms with Crippen LogP contribution in [0.3, 0.4) is 0 Å². The lowest BCUT2D eigenvalue weighted by Crippen LogP contribution is -2.14. The Hall–Kier alpha value is -1.93. The van der Waals surface area contributed by atoms with Gasteiger partial charge in [-0.3, -0.25) is 4.79 Å². The fourth-order valence-corrected chi connectivity index (χ4v) is 1.29. The molecule has 0 aliphatic heterocycles. The van der Waals surface area contributed by atoms with Crippen LogP contribution in [0, 0.1) is 0 Å². The zero-order chi connectivity index (χ0) is 14.8. The summed E-state index contributed by atoms with van der Waals surface area (Å²) in [5.41, 5.74) is -3.65. The predicted molar refractivity (Wildman–Crippen MR) is 51.6 cm³/mol. The third kappa shape index (κ3) is 3.52. The van der Waals surface area contributed by atoms with Crippen LogP contribution < -0.4 is 0 Å². The van der Waals surface area contributed by atoms with Gasteiger partial charge in [0.05, 0.1) is 24.8 Å². The first-order valence-corrected chi connectivity index (χ1v) is 4.81. The Kier molecular flexibility index (Phi) is 4.28. The van der Waals surface area contributed by atoms with E-state index >= 15 is 0 Å². The van der Waals surface area contributed by atoms with E-state index in [-0.39, 0.29) is 0 Å². The molecule has 0 saturated heterocycles. The van der Waals surface area contributed by atoms with E-state index in [9.17, 15) is 26.7 Å². The van der Waals surface area contributed by atoms with Gasteiger partial charge < -0.3 is 9.84 Å². The number of esters is 1. The number of rotatable bonds is 3. The molecule has 9 heteroatoms. The van der Waals surface area contributed by atoms with Crippen molar-refractivity contribution in [3.8, 4) is 5.75 Å². The molecule has 0 aliphatic rings. The number of aromatic hydroxyl groups is 1. The van der Waals surface area contributed by atoms with Crippen molar-refractivity contribution < 1.29 is 36.6 Å². The fraction of sp³-hybridized carbons (Fsp3) is 0.400. The highest BCUT2D eigenvalue weighted by molar-refractivity contribution is 5.72. The molecule has 0 aliphatic carbocycles. The van der Waals surface area contributed by atoms with Crippen molar-refractivity contribution in [2.75, 3.05) is 7.11 Å². The highest BCUT2D eigenvalue weighted by Crippen LogP contribution is 2.39. The maximum Gasteiger partial charge on any atom is 0.437 e. The number of ether oxygens (including phenoxy) is 1. The van der Waals surface area contributed by atoms with Gasteiger partial charge in [-0.2, -0.15) is 13.2 Å². The number of methoxy groups -OCH3 is 1. The summed E-state index contributed by atoms with van der Waals surface area (Å²) in [5.74, 6) is -2.58. The van der Waals surface area contributed by atoms with Gasteiger partial charge in [0.1, 0.15) is 0 Å². The lowest BCUT2D eigenvalue weighted by molar-refractivity contribution is -0.144. The van der Waals surface area contributed by atoms with Gasteiger partial charge in [0.15, 0.2) is 11.4 Å². The normalized spacial score (nSPS) is 11.7. The molecule has 1 rings (SSSR count). The maximum atomic E-state index is 12.5. The fourth-order valence-electron chi connectivity index (χ4n) is 1.29. The maximum absolute atomic E-state index is 12.5. The highest BCUT2D eigenvalue weighted by Gasteiger charge is 2.38. The van der Waals surface area contributed by atoms with Crippen LogP contribution in [0.4, 0.5) is 22.0 Å². The van der Waals surface area contributed by atoms with Gasteiger partial charge in [0.2, 0.25) is 0 Å². The number of hydrogen-bond donors (Lipinski definition) is 1. The van der Waals surface area contributed by atoms with Crippen LogP contribution in [-0.2, 0) is 22.1 Å². The zero-order valence-electron chi connectivity index (χ0n) is 9.46. The summed E-state index contributed by atoms with van der Waals surface area (Å²) >= 11 is 0. The van der Waals surface area contributed by atoms with Gasteiger partial charge in [-0.15, -0.1) is 0 Å². The van der Waals surface area contributed by atoms with E-state index in [0.29, 0.717) is 6.07 Å². The van der Waals surface area contributed by atoms with Crippen LogP contribution >= 0.6 is 0 Å².